The van der Waals surface area contributed by atoms with Gasteiger partial charge in [0.05, 0.1) is 0 Å². The molecule has 0 unspecified atom stereocenters. The number of rotatable bonds is 8. The Kier molecular flexibility index (Phi) is 8.40. The molecule has 0 aliphatic carbocycles. The second-order valence-corrected chi connectivity index (χ2v) is 14.8. The van der Waals surface area contributed by atoms with Gasteiger partial charge in [-0.05, 0) is 111 Å². The van der Waals surface area contributed by atoms with E-state index in [-0.39, 0.29) is 0 Å². The molecule has 0 atom stereocenters. The zero-order chi connectivity index (χ0) is 36.6. The van der Waals surface area contributed by atoms with Crippen LogP contribution in [0.4, 0.5) is 17.1 Å². The molecule has 0 bridgehead atoms. The van der Waals surface area contributed by atoms with E-state index in [0.29, 0.717) is 0 Å². The monoisotopic (exact) mass is 721 g/mol. The maximum absolute atomic E-state index is 6.05. The van der Waals surface area contributed by atoms with E-state index in [1.807, 2.05) is 23.5 Å². The lowest BCUT2D eigenvalue weighted by Crippen LogP contribution is -2.09. The molecule has 2 nitrogen and oxygen atoms in total. The lowest BCUT2D eigenvalue weighted by Gasteiger charge is -2.26. The second-order valence-electron chi connectivity index (χ2n) is 13.8. The number of hydrogen-bond donors (Lipinski definition) is 0. The maximum Gasteiger partial charge on any atom is 0.135 e. The molecule has 0 spiro atoms. The first-order valence-electron chi connectivity index (χ1n) is 18.6. The maximum atomic E-state index is 6.05. The summed E-state index contributed by atoms with van der Waals surface area (Å²) in [5, 5.41) is 2.30. The number of furan rings is 1. The third kappa shape index (κ3) is 6.41. The Balaban J connectivity index is 0.922. The van der Waals surface area contributed by atoms with Gasteiger partial charge < -0.3 is 9.32 Å². The highest BCUT2D eigenvalue weighted by molar-refractivity contribution is 7.18. The Hall–Kier alpha value is -6.94. The Bertz CT molecular complexity index is 2790. The van der Waals surface area contributed by atoms with Gasteiger partial charge >= 0.3 is 0 Å². The van der Waals surface area contributed by atoms with E-state index in [9.17, 15) is 0 Å². The third-order valence-corrected chi connectivity index (χ3v) is 11.5. The molecule has 0 saturated carbocycles. The van der Waals surface area contributed by atoms with Crippen molar-refractivity contribution in [2.45, 2.75) is 0 Å². The minimum Gasteiger partial charge on any atom is -0.456 e. The molecule has 0 aliphatic heterocycles. The lowest BCUT2D eigenvalue weighted by atomic mass is 10.0. The van der Waals surface area contributed by atoms with Gasteiger partial charge in [-0.1, -0.05) is 146 Å². The minimum absolute atomic E-state index is 0.920. The third-order valence-electron chi connectivity index (χ3n) is 10.4. The van der Waals surface area contributed by atoms with Crippen LogP contribution in [0.5, 0.6) is 0 Å². The summed E-state index contributed by atoms with van der Waals surface area (Å²) in [7, 11) is 0. The Morgan fingerprint density at radius 3 is 1.22 bits per heavy atom. The topological polar surface area (TPSA) is 16.4 Å². The van der Waals surface area contributed by atoms with Crippen molar-refractivity contribution in [3.8, 4) is 54.3 Å². The molecule has 0 aliphatic rings. The zero-order valence-electron chi connectivity index (χ0n) is 30.0. The van der Waals surface area contributed by atoms with E-state index in [1.54, 1.807) is 0 Å². The number of para-hydroxylation sites is 1. The molecule has 0 fully saturated rings. The number of benzene rings is 8. The van der Waals surface area contributed by atoms with E-state index < -0.39 is 0 Å². The van der Waals surface area contributed by atoms with Crippen molar-refractivity contribution in [2.75, 3.05) is 4.90 Å². The standard InChI is InChI=1S/C52H35NOS/c1-3-9-36(10-4-1)38-19-26-44(27-20-38)53(45-28-21-39(22-29-45)37-11-5-2-6-12-37)46-30-23-42(24-31-46)52-34-33-51(55-52)41-17-15-40(16-18-41)43-25-32-50-48(35-43)47-13-7-8-14-49(47)54-50/h1-35H. The van der Waals surface area contributed by atoms with Gasteiger partial charge in [-0.15, -0.1) is 11.3 Å². The minimum atomic E-state index is 0.920. The van der Waals surface area contributed by atoms with E-state index in [4.69, 9.17) is 4.42 Å². The molecule has 55 heavy (non-hydrogen) atoms. The van der Waals surface area contributed by atoms with Crippen LogP contribution in [-0.4, -0.2) is 0 Å². The average Bonchev–Trinajstić information content (AvgIpc) is 3.91. The van der Waals surface area contributed by atoms with Gasteiger partial charge in [0, 0.05) is 37.6 Å². The fourth-order valence-electron chi connectivity index (χ4n) is 7.47. The second kappa shape index (κ2) is 14.1. The summed E-state index contributed by atoms with van der Waals surface area (Å²) >= 11 is 1.83. The fourth-order valence-corrected chi connectivity index (χ4v) is 8.49. The van der Waals surface area contributed by atoms with E-state index >= 15 is 0 Å². The normalized spacial score (nSPS) is 11.3. The predicted octanol–water partition coefficient (Wildman–Crippen LogP) is 15.5. The van der Waals surface area contributed by atoms with Gasteiger partial charge in [-0.25, -0.2) is 0 Å². The Labute approximate surface area is 324 Å². The highest BCUT2D eigenvalue weighted by Crippen LogP contribution is 2.40. The van der Waals surface area contributed by atoms with Gasteiger partial charge in [0.1, 0.15) is 11.2 Å². The van der Waals surface area contributed by atoms with Crippen molar-refractivity contribution in [2.24, 2.45) is 0 Å². The lowest BCUT2D eigenvalue weighted by molar-refractivity contribution is 0.669. The van der Waals surface area contributed by atoms with Crippen LogP contribution < -0.4 is 4.90 Å². The van der Waals surface area contributed by atoms with Crippen LogP contribution in [0, 0.1) is 0 Å². The van der Waals surface area contributed by atoms with Crippen LogP contribution >= 0.6 is 11.3 Å². The smallest absolute Gasteiger partial charge is 0.135 e. The summed E-state index contributed by atoms with van der Waals surface area (Å²) in [6, 6.07) is 75.9. The van der Waals surface area contributed by atoms with Gasteiger partial charge in [-0.3, -0.25) is 0 Å². The van der Waals surface area contributed by atoms with Crippen molar-refractivity contribution < 1.29 is 4.42 Å². The summed E-state index contributed by atoms with van der Waals surface area (Å²) in [6.45, 7) is 0. The fraction of sp³-hybridized carbons (Fsp3) is 0. The summed E-state index contributed by atoms with van der Waals surface area (Å²) in [4.78, 5) is 4.83. The first kappa shape index (κ1) is 32.7. The van der Waals surface area contributed by atoms with Crippen molar-refractivity contribution in [1.29, 1.82) is 0 Å². The van der Waals surface area contributed by atoms with Crippen LogP contribution in [0.3, 0.4) is 0 Å². The molecule has 3 heteroatoms. The SMILES string of the molecule is c1ccc(-c2ccc(N(c3ccc(-c4ccccc4)cc3)c3ccc(-c4ccc(-c5ccc(-c6ccc7oc8ccccc8c7c6)cc5)s4)cc3)cc2)cc1. The molecule has 10 aromatic rings. The first-order valence-corrected chi connectivity index (χ1v) is 19.4. The molecule has 0 radical (unpaired) electrons. The molecule has 2 aromatic heterocycles. The molecular weight excluding hydrogens is 687 g/mol. The number of anilines is 3. The van der Waals surface area contributed by atoms with Crippen LogP contribution in [-0.2, 0) is 0 Å². The van der Waals surface area contributed by atoms with Crippen LogP contribution in [0.2, 0.25) is 0 Å². The van der Waals surface area contributed by atoms with Gasteiger partial charge in [0.15, 0.2) is 0 Å². The largest absolute Gasteiger partial charge is 0.456 e. The highest BCUT2D eigenvalue weighted by atomic mass is 32.1. The molecule has 0 amide bonds. The Morgan fingerprint density at radius 1 is 0.291 bits per heavy atom. The first-order chi connectivity index (χ1) is 27.2. The van der Waals surface area contributed by atoms with E-state index in [1.165, 1.54) is 54.3 Å². The van der Waals surface area contributed by atoms with Crippen LogP contribution in [0.1, 0.15) is 0 Å². The van der Waals surface area contributed by atoms with E-state index in [0.717, 1.165) is 39.0 Å². The van der Waals surface area contributed by atoms with Gasteiger partial charge in [0.25, 0.3) is 0 Å². The Morgan fingerprint density at radius 2 is 0.673 bits per heavy atom. The molecule has 0 N–H and O–H groups in total. The summed E-state index contributed by atoms with van der Waals surface area (Å²) in [5.74, 6) is 0. The van der Waals surface area contributed by atoms with Crippen molar-refractivity contribution in [3.63, 3.8) is 0 Å². The summed E-state index contributed by atoms with van der Waals surface area (Å²) in [6.07, 6.45) is 0. The number of hydrogen-bond acceptors (Lipinski definition) is 3. The van der Waals surface area contributed by atoms with Crippen molar-refractivity contribution in [3.05, 3.63) is 212 Å². The van der Waals surface area contributed by atoms with Gasteiger partial charge in [0.2, 0.25) is 0 Å². The molecule has 2 heterocycles. The summed E-state index contributed by atoms with van der Waals surface area (Å²) < 4.78 is 6.05. The highest BCUT2D eigenvalue weighted by Gasteiger charge is 2.15. The molecule has 0 saturated heterocycles. The number of thiophene rings is 1. The van der Waals surface area contributed by atoms with Gasteiger partial charge in [-0.2, -0.15) is 0 Å². The predicted molar refractivity (Wildman–Crippen MR) is 233 cm³/mol. The van der Waals surface area contributed by atoms with Crippen molar-refractivity contribution in [1.82, 2.24) is 0 Å². The van der Waals surface area contributed by atoms with Crippen LogP contribution in [0.25, 0.3) is 76.2 Å². The zero-order valence-corrected chi connectivity index (χ0v) is 30.8. The van der Waals surface area contributed by atoms with Crippen molar-refractivity contribution >= 4 is 50.3 Å². The average molecular weight is 722 g/mol. The van der Waals surface area contributed by atoms with E-state index in [2.05, 4.69) is 205 Å². The number of nitrogens with zero attached hydrogens (tertiary/aromatic N) is 1. The summed E-state index contributed by atoms with van der Waals surface area (Å²) in [5.41, 5.74) is 14.8. The molecule has 10 rings (SSSR count). The molecule has 260 valence electrons. The molecule has 8 aromatic carbocycles. The quantitative estimate of drug-likeness (QED) is 0.155. The number of fused-ring (bicyclic) bond motifs is 3. The molecular formula is C52H35NOS. The van der Waals surface area contributed by atoms with Crippen LogP contribution in [0.15, 0.2) is 217 Å².